The molecule has 0 saturated heterocycles. The maximum atomic E-state index is 9.08. The molecule has 0 unspecified atom stereocenters. The molecule has 0 heterocycles. The van der Waals surface area contributed by atoms with E-state index in [4.69, 9.17) is 21.4 Å². The summed E-state index contributed by atoms with van der Waals surface area (Å²) in [6.07, 6.45) is 0. The lowest BCUT2D eigenvalue weighted by Crippen LogP contribution is -1.89. The molecule has 0 aliphatic carbocycles. The van der Waals surface area contributed by atoms with Gasteiger partial charge in [0, 0.05) is 4.47 Å². The molecule has 2 rings (SSSR count). The highest BCUT2D eigenvalue weighted by Gasteiger charge is 2.05. The zero-order chi connectivity index (χ0) is 13.1. The largest absolute Gasteiger partial charge is 0.456 e. The molecule has 0 aliphatic rings. The van der Waals surface area contributed by atoms with E-state index in [1.54, 1.807) is 6.07 Å². The van der Waals surface area contributed by atoms with Gasteiger partial charge in [0.1, 0.15) is 11.5 Å². The second kappa shape index (κ2) is 5.74. The summed E-state index contributed by atoms with van der Waals surface area (Å²) >= 11 is 9.48. The number of rotatable bonds is 3. The fourth-order valence-corrected chi connectivity index (χ4v) is 2.29. The summed E-state index contributed by atoms with van der Waals surface area (Å²) in [5.41, 5.74) is 1.90. The number of halogens is 2. The third-order valence-electron chi connectivity index (χ3n) is 2.51. The zero-order valence-electron chi connectivity index (χ0n) is 9.78. The quantitative estimate of drug-likeness (QED) is 0.885. The summed E-state index contributed by atoms with van der Waals surface area (Å²) in [6, 6.07) is 11.0. The van der Waals surface area contributed by atoms with Crippen molar-refractivity contribution in [2.24, 2.45) is 0 Å². The lowest BCUT2D eigenvalue weighted by Gasteiger charge is -2.09. The normalized spacial score (nSPS) is 10.4. The van der Waals surface area contributed by atoms with Crippen LogP contribution in [0.25, 0.3) is 0 Å². The van der Waals surface area contributed by atoms with Crippen LogP contribution in [0.5, 0.6) is 11.5 Å². The average Bonchev–Trinajstić information content (AvgIpc) is 2.33. The molecule has 0 spiro atoms. The van der Waals surface area contributed by atoms with E-state index in [9.17, 15) is 0 Å². The summed E-state index contributed by atoms with van der Waals surface area (Å²) in [5.74, 6) is 1.29. The summed E-state index contributed by atoms with van der Waals surface area (Å²) in [7, 11) is 0. The van der Waals surface area contributed by atoms with Gasteiger partial charge in [0.15, 0.2) is 0 Å². The predicted octanol–water partition coefficient (Wildman–Crippen LogP) is 4.70. The van der Waals surface area contributed by atoms with Crippen LogP contribution in [0.3, 0.4) is 0 Å². The Hall–Kier alpha value is -1.03. The highest BCUT2D eigenvalue weighted by atomic mass is 79.9. The second-order valence-electron chi connectivity index (χ2n) is 3.95. The van der Waals surface area contributed by atoms with Gasteiger partial charge in [-0.15, -0.1) is 0 Å². The third kappa shape index (κ3) is 3.05. The van der Waals surface area contributed by atoms with Crippen molar-refractivity contribution in [3.05, 3.63) is 57.0 Å². The molecule has 0 saturated carbocycles. The Bertz CT molecular complexity index is 570. The topological polar surface area (TPSA) is 29.5 Å². The van der Waals surface area contributed by atoms with Crippen LogP contribution in [0.1, 0.15) is 11.1 Å². The van der Waals surface area contributed by atoms with E-state index >= 15 is 0 Å². The number of aryl methyl sites for hydroxylation is 1. The molecule has 0 aromatic heterocycles. The molecular weight excluding hydrogens is 316 g/mol. The first-order valence-electron chi connectivity index (χ1n) is 5.43. The van der Waals surface area contributed by atoms with Crippen LogP contribution < -0.4 is 4.74 Å². The van der Waals surface area contributed by atoms with Crippen molar-refractivity contribution in [1.82, 2.24) is 0 Å². The molecule has 94 valence electrons. The summed E-state index contributed by atoms with van der Waals surface area (Å²) < 4.78 is 6.51. The molecule has 1 N–H and O–H groups in total. The number of aliphatic hydroxyl groups is 1. The van der Waals surface area contributed by atoms with Gasteiger partial charge in [-0.25, -0.2) is 0 Å². The van der Waals surface area contributed by atoms with Gasteiger partial charge in [-0.3, -0.25) is 0 Å². The lowest BCUT2D eigenvalue weighted by molar-refractivity contribution is 0.281. The molecular formula is C14H12BrClO2. The fourth-order valence-electron chi connectivity index (χ4n) is 1.54. The number of hydrogen-bond acceptors (Lipinski definition) is 2. The van der Waals surface area contributed by atoms with E-state index in [0.717, 1.165) is 15.6 Å². The smallest absolute Gasteiger partial charge is 0.146 e. The SMILES string of the molecule is Cc1ccc(Oc2ccc(CO)c(Br)c2)c(Cl)c1. The minimum atomic E-state index is -0.00779. The van der Waals surface area contributed by atoms with E-state index in [1.165, 1.54) is 0 Å². The molecule has 4 heteroatoms. The molecule has 0 radical (unpaired) electrons. The molecule has 2 nitrogen and oxygen atoms in total. The number of benzene rings is 2. The van der Waals surface area contributed by atoms with Crippen molar-refractivity contribution in [3.63, 3.8) is 0 Å². The Morgan fingerprint density at radius 1 is 1.22 bits per heavy atom. The summed E-state index contributed by atoms with van der Waals surface area (Å²) in [5, 5.41) is 9.66. The van der Waals surface area contributed by atoms with Crippen LogP contribution in [0.15, 0.2) is 40.9 Å². The van der Waals surface area contributed by atoms with Gasteiger partial charge in [0.25, 0.3) is 0 Å². The summed E-state index contributed by atoms with van der Waals surface area (Å²) in [6.45, 7) is 1.97. The average molecular weight is 328 g/mol. The van der Waals surface area contributed by atoms with Gasteiger partial charge in [0.05, 0.1) is 11.6 Å². The Labute approximate surface area is 119 Å². The minimum absolute atomic E-state index is 0.00779. The Balaban J connectivity index is 2.26. The van der Waals surface area contributed by atoms with Gasteiger partial charge in [-0.2, -0.15) is 0 Å². The number of ether oxygens (including phenoxy) is 1. The summed E-state index contributed by atoms with van der Waals surface area (Å²) in [4.78, 5) is 0. The highest BCUT2D eigenvalue weighted by Crippen LogP contribution is 2.32. The van der Waals surface area contributed by atoms with Gasteiger partial charge in [0.2, 0.25) is 0 Å². The van der Waals surface area contributed by atoms with Gasteiger partial charge < -0.3 is 9.84 Å². The fraction of sp³-hybridized carbons (Fsp3) is 0.143. The van der Waals surface area contributed by atoms with Crippen LogP contribution in [-0.4, -0.2) is 5.11 Å². The Morgan fingerprint density at radius 2 is 2.00 bits per heavy atom. The van der Waals surface area contributed by atoms with E-state index < -0.39 is 0 Å². The highest BCUT2D eigenvalue weighted by molar-refractivity contribution is 9.10. The van der Waals surface area contributed by atoms with Crippen molar-refractivity contribution in [2.45, 2.75) is 13.5 Å². The van der Waals surface area contributed by atoms with Gasteiger partial charge in [-0.1, -0.05) is 39.7 Å². The van der Waals surface area contributed by atoms with Crippen LogP contribution in [-0.2, 0) is 6.61 Å². The van der Waals surface area contributed by atoms with Crippen LogP contribution in [0.4, 0.5) is 0 Å². The molecule has 2 aromatic carbocycles. The molecule has 0 aliphatic heterocycles. The molecule has 0 fully saturated rings. The second-order valence-corrected chi connectivity index (χ2v) is 5.21. The first-order chi connectivity index (χ1) is 8.60. The third-order valence-corrected chi connectivity index (χ3v) is 3.54. The standard InChI is InChI=1S/C14H12BrClO2/c1-9-2-5-14(13(16)6-9)18-11-4-3-10(8-17)12(15)7-11/h2-7,17H,8H2,1H3. The van der Waals surface area contributed by atoms with Crippen LogP contribution in [0, 0.1) is 6.92 Å². The van der Waals surface area contributed by atoms with E-state index in [0.29, 0.717) is 16.5 Å². The van der Waals surface area contributed by atoms with Crippen molar-refractivity contribution in [2.75, 3.05) is 0 Å². The molecule has 0 amide bonds. The van der Waals surface area contributed by atoms with Crippen LogP contribution >= 0.6 is 27.5 Å². The Kier molecular flexibility index (Phi) is 4.27. The Morgan fingerprint density at radius 3 is 2.61 bits per heavy atom. The van der Waals surface area contributed by atoms with E-state index in [1.807, 2.05) is 37.3 Å². The lowest BCUT2D eigenvalue weighted by atomic mass is 10.2. The molecule has 2 aromatic rings. The van der Waals surface area contributed by atoms with Crippen molar-refractivity contribution >= 4 is 27.5 Å². The van der Waals surface area contributed by atoms with Gasteiger partial charge in [-0.05, 0) is 42.3 Å². The maximum Gasteiger partial charge on any atom is 0.146 e. The first kappa shape index (κ1) is 13.4. The van der Waals surface area contributed by atoms with Crippen molar-refractivity contribution < 1.29 is 9.84 Å². The zero-order valence-corrected chi connectivity index (χ0v) is 12.1. The van der Waals surface area contributed by atoms with E-state index in [-0.39, 0.29) is 6.61 Å². The molecule has 18 heavy (non-hydrogen) atoms. The minimum Gasteiger partial charge on any atom is -0.456 e. The van der Waals surface area contributed by atoms with Crippen molar-refractivity contribution in [3.8, 4) is 11.5 Å². The van der Waals surface area contributed by atoms with Crippen molar-refractivity contribution in [1.29, 1.82) is 0 Å². The molecule has 0 bridgehead atoms. The number of hydrogen-bond donors (Lipinski definition) is 1. The monoisotopic (exact) mass is 326 g/mol. The predicted molar refractivity (Wildman–Crippen MR) is 76.3 cm³/mol. The van der Waals surface area contributed by atoms with Gasteiger partial charge >= 0.3 is 0 Å². The van der Waals surface area contributed by atoms with E-state index in [2.05, 4.69) is 15.9 Å². The first-order valence-corrected chi connectivity index (χ1v) is 6.60. The number of aliphatic hydroxyl groups excluding tert-OH is 1. The maximum absolute atomic E-state index is 9.08. The molecule has 0 atom stereocenters. The van der Waals surface area contributed by atoms with Crippen LogP contribution in [0.2, 0.25) is 5.02 Å².